The number of carbonyl (C=O) groups excluding carboxylic acids is 1. The second-order valence-corrected chi connectivity index (χ2v) is 10.7. The molecule has 0 aromatic heterocycles. The largest absolute Gasteiger partial charge is 0.352 e. The summed E-state index contributed by atoms with van der Waals surface area (Å²) < 4.78 is 19.0. The monoisotopic (exact) mass is 474 g/mol. The smallest absolute Gasteiger partial charge is 0.319 e. The van der Waals surface area contributed by atoms with Gasteiger partial charge in [-0.2, -0.15) is 0 Å². The maximum absolute atomic E-state index is 12.1. The van der Waals surface area contributed by atoms with Crippen LogP contribution in [-0.2, 0) is 24.0 Å². The molecule has 1 aromatic carbocycles. The van der Waals surface area contributed by atoms with E-state index in [0.717, 1.165) is 30.5 Å². The minimum Gasteiger partial charge on any atom is -0.352 e. The first-order valence-corrected chi connectivity index (χ1v) is 12.7. The molecule has 4 aliphatic heterocycles. The minimum atomic E-state index is -0.780. The molecule has 5 fully saturated rings. The highest BCUT2D eigenvalue weighted by Gasteiger charge is 2.69. The third-order valence-electron chi connectivity index (χ3n) is 8.30. The summed E-state index contributed by atoms with van der Waals surface area (Å²) in [5.41, 5.74) is 1.36. The van der Waals surface area contributed by atoms with Gasteiger partial charge in [0, 0.05) is 30.5 Å². The standard InChI is InChI=1S/C26H38N2O6/c1-16-6-9-19(10-7-16)28-24(29)27-14-5-15-30-22-18(3)21-11-8-17(2)20-12-13-25(4)32-23(31-22)26(20,21)34-33-25/h6-7,9-10,17-18,20-23H,5,8,11-15H2,1-4H3,(H2,27,28,29)/t17-,18-,20+,21+,22-,23-,25+,26-/m1/s1. The van der Waals surface area contributed by atoms with E-state index in [9.17, 15) is 4.79 Å². The van der Waals surface area contributed by atoms with Gasteiger partial charge in [-0.15, -0.1) is 0 Å². The van der Waals surface area contributed by atoms with E-state index in [4.69, 9.17) is 24.0 Å². The Morgan fingerprint density at radius 2 is 1.91 bits per heavy atom. The van der Waals surface area contributed by atoms with Gasteiger partial charge in [-0.1, -0.05) is 31.5 Å². The van der Waals surface area contributed by atoms with Crippen LogP contribution in [0.1, 0.15) is 58.4 Å². The lowest BCUT2D eigenvalue weighted by molar-refractivity contribution is -0.577. The second kappa shape index (κ2) is 9.39. The third kappa shape index (κ3) is 4.35. The highest BCUT2D eigenvalue weighted by molar-refractivity contribution is 5.89. The van der Waals surface area contributed by atoms with E-state index in [0.29, 0.717) is 31.4 Å². The van der Waals surface area contributed by atoms with E-state index in [1.807, 2.05) is 38.1 Å². The van der Waals surface area contributed by atoms with Crippen LogP contribution < -0.4 is 10.6 Å². The lowest BCUT2D eigenvalue weighted by Gasteiger charge is -2.60. The van der Waals surface area contributed by atoms with Crippen LogP contribution in [-0.4, -0.2) is 43.2 Å². The van der Waals surface area contributed by atoms with Gasteiger partial charge in [0.1, 0.15) is 0 Å². The highest BCUT2D eigenvalue weighted by atomic mass is 17.3. The first-order chi connectivity index (χ1) is 16.3. The first-order valence-electron chi connectivity index (χ1n) is 12.7. The fourth-order valence-electron chi connectivity index (χ4n) is 6.35. The Balaban J connectivity index is 1.14. The zero-order valence-electron chi connectivity index (χ0n) is 20.7. The number of nitrogens with one attached hydrogen (secondary N) is 2. The molecular formula is C26H38N2O6. The van der Waals surface area contributed by atoms with Crippen LogP contribution in [0.2, 0.25) is 0 Å². The molecule has 2 N–H and O–H groups in total. The van der Waals surface area contributed by atoms with Gasteiger partial charge in [0.25, 0.3) is 0 Å². The predicted molar refractivity (Wildman–Crippen MR) is 126 cm³/mol. The van der Waals surface area contributed by atoms with Crippen LogP contribution in [0, 0.1) is 30.6 Å². The Labute approximate surface area is 201 Å². The number of amides is 2. The minimum absolute atomic E-state index is 0.152. The van der Waals surface area contributed by atoms with Crippen LogP contribution >= 0.6 is 0 Å². The lowest BCUT2D eigenvalue weighted by Crippen LogP contribution is -2.70. The normalized spacial score (nSPS) is 40.8. The molecule has 1 saturated carbocycles. The summed E-state index contributed by atoms with van der Waals surface area (Å²) >= 11 is 0. The molecule has 4 heterocycles. The molecule has 4 saturated heterocycles. The molecule has 2 amide bonds. The summed E-state index contributed by atoms with van der Waals surface area (Å²) in [5.74, 6) is 0.506. The van der Waals surface area contributed by atoms with E-state index in [1.165, 1.54) is 6.42 Å². The van der Waals surface area contributed by atoms with Crippen molar-refractivity contribution in [3.63, 3.8) is 0 Å². The van der Waals surface area contributed by atoms with Gasteiger partial charge in [-0.25, -0.2) is 14.6 Å². The summed E-state index contributed by atoms with van der Waals surface area (Å²) in [4.78, 5) is 24.2. The Bertz CT molecular complexity index is 881. The molecule has 0 radical (unpaired) electrons. The van der Waals surface area contributed by atoms with Crippen LogP contribution in [0.25, 0.3) is 0 Å². The lowest BCUT2D eigenvalue weighted by atomic mass is 9.58. The van der Waals surface area contributed by atoms with E-state index in [2.05, 4.69) is 24.5 Å². The van der Waals surface area contributed by atoms with Crippen molar-refractivity contribution in [2.24, 2.45) is 23.7 Å². The topological polar surface area (TPSA) is 87.3 Å². The maximum atomic E-state index is 12.1. The number of anilines is 1. The molecule has 8 heteroatoms. The van der Waals surface area contributed by atoms with Crippen molar-refractivity contribution in [3.05, 3.63) is 29.8 Å². The molecule has 1 aromatic rings. The summed E-state index contributed by atoms with van der Waals surface area (Å²) in [6.07, 6.45) is 3.85. The fourth-order valence-corrected chi connectivity index (χ4v) is 6.35. The number of hydrogen-bond donors (Lipinski definition) is 2. The van der Waals surface area contributed by atoms with Crippen molar-refractivity contribution in [2.45, 2.75) is 83.8 Å². The quantitative estimate of drug-likeness (QED) is 0.458. The zero-order valence-corrected chi connectivity index (χ0v) is 20.7. The van der Waals surface area contributed by atoms with E-state index >= 15 is 0 Å². The molecule has 1 aliphatic carbocycles. The summed E-state index contributed by atoms with van der Waals surface area (Å²) in [6.45, 7) is 9.44. The van der Waals surface area contributed by atoms with Gasteiger partial charge in [-0.05, 0) is 63.5 Å². The number of hydrogen-bond acceptors (Lipinski definition) is 6. The molecule has 34 heavy (non-hydrogen) atoms. The molecule has 0 unspecified atom stereocenters. The number of urea groups is 1. The van der Waals surface area contributed by atoms with Gasteiger partial charge >= 0.3 is 6.03 Å². The average molecular weight is 475 g/mol. The van der Waals surface area contributed by atoms with Crippen LogP contribution in [0.3, 0.4) is 0 Å². The molecule has 6 rings (SSSR count). The molecule has 8 atom stereocenters. The first kappa shape index (κ1) is 24.0. The molecule has 8 nitrogen and oxygen atoms in total. The molecule has 1 spiro atoms. The van der Waals surface area contributed by atoms with Crippen LogP contribution in [0.5, 0.6) is 0 Å². The van der Waals surface area contributed by atoms with Crippen molar-refractivity contribution in [2.75, 3.05) is 18.5 Å². The second-order valence-electron chi connectivity index (χ2n) is 10.7. The Hall–Kier alpha value is -1.71. The number of aryl methyl sites for hydroxylation is 1. The number of ether oxygens (including phenoxy) is 3. The van der Waals surface area contributed by atoms with Gasteiger partial charge in [0.15, 0.2) is 18.2 Å². The summed E-state index contributed by atoms with van der Waals surface area (Å²) in [5, 5.41) is 5.72. The number of fused-ring (bicyclic) bond motifs is 2. The van der Waals surface area contributed by atoms with E-state index in [1.54, 1.807) is 0 Å². The van der Waals surface area contributed by atoms with E-state index in [-0.39, 0.29) is 24.2 Å². The van der Waals surface area contributed by atoms with Crippen LogP contribution in [0.15, 0.2) is 24.3 Å². The van der Waals surface area contributed by atoms with Crippen molar-refractivity contribution < 1.29 is 28.8 Å². The molecule has 2 bridgehead atoms. The summed E-state index contributed by atoms with van der Waals surface area (Å²) in [6, 6.07) is 7.50. The third-order valence-corrected chi connectivity index (χ3v) is 8.30. The SMILES string of the molecule is Cc1ccc(NC(=O)NCCCO[C@@H]2O[C@@H]3O[C@]4(C)CC[C@H]5[C@H](C)CC[C@@H]([C@H]2C)[C@@]35OO4)cc1. The summed E-state index contributed by atoms with van der Waals surface area (Å²) in [7, 11) is 0. The fraction of sp³-hybridized carbons (Fsp3) is 0.731. The Morgan fingerprint density at radius 1 is 1.12 bits per heavy atom. The Kier molecular flexibility index (Phi) is 6.63. The highest BCUT2D eigenvalue weighted by Crippen LogP contribution is 2.60. The molecular weight excluding hydrogens is 436 g/mol. The molecule has 5 aliphatic rings. The number of benzene rings is 1. The predicted octanol–water partition coefficient (Wildman–Crippen LogP) is 4.73. The number of carbonyl (C=O) groups is 1. The molecule has 188 valence electrons. The van der Waals surface area contributed by atoms with Gasteiger partial charge in [0.2, 0.25) is 5.79 Å². The van der Waals surface area contributed by atoms with Crippen molar-refractivity contribution in [1.82, 2.24) is 5.32 Å². The van der Waals surface area contributed by atoms with Crippen molar-refractivity contribution in [3.8, 4) is 0 Å². The number of rotatable bonds is 6. The van der Waals surface area contributed by atoms with Gasteiger partial charge in [0.05, 0.1) is 6.61 Å². The van der Waals surface area contributed by atoms with Crippen molar-refractivity contribution in [1.29, 1.82) is 0 Å². The van der Waals surface area contributed by atoms with Gasteiger partial charge < -0.3 is 24.8 Å². The van der Waals surface area contributed by atoms with Gasteiger partial charge in [-0.3, -0.25) is 0 Å². The Morgan fingerprint density at radius 3 is 2.71 bits per heavy atom. The average Bonchev–Trinajstić information content (AvgIpc) is 3.04. The van der Waals surface area contributed by atoms with Crippen molar-refractivity contribution >= 4 is 11.7 Å². The van der Waals surface area contributed by atoms with Crippen LogP contribution in [0.4, 0.5) is 10.5 Å². The van der Waals surface area contributed by atoms with E-state index < -0.39 is 17.7 Å². The zero-order chi connectivity index (χ0) is 23.9. The maximum Gasteiger partial charge on any atom is 0.319 e.